The molecule has 0 amide bonds. The van der Waals surface area contributed by atoms with Gasteiger partial charge in [-0.2, -0.15) is 0 Å². The van der Waals surface area contributed by atoms with Gasteiger partial charge in [0.25, 0.3) is 0 Å². The highest BCUT2D eigenvalue weighted by Gasteiger charge is 2.34. The summed E-state index contributed by atoms with van der Waals surface area (Å²) < 4.78 is 22.9. The van der Waals surface area contributed by atoms with E-state index in [1.165, 1.54) is 0 Å². The van der Waals surface area contributed by atoms with Gasteiger partial charge in [0.15, 0.2) is 6.29 Å². The molecule has 1 aliphatic rings. The minimum Gasteiger partial charge on any atom is -0.465 e. The van der Waals surface area contributed by atoms with Crippen LogP contribution in [0.25, 0.3) is 0 Å². The van der Waals surface area contributed by atoms with Crippen LogP contribution in [0.2, 0.25) is 6.55 Å². The monoisotopic (exact) mass is 282 g/mol. The zero-order chi connectivity index (χ0) is 13.9. The predicted octanol–water partition coefficient (Wildman–Crippen LogP) is 2.29. The van der Waals surface area contributed by atoms with E-state index in [-0.39, 0.29) is 6.29 Å². The van der Waals surface area contributed by atoms with Crippen molar-refractivity contribution in [1.82, 2.24) is 0 Å². The van der Waals surface area contributed by atoms with Gasteiger partial charge in [0.2, 0.25) is 0 Å². The lowest BCUT2D eigenvalue weighted by Gasteiger charge is -2.29. The molecule has 106 valence electrons. The first-order valence-electron chi connectivity index (χ1n) is 6.78. The van der Waals surface area contributed by atoms with Gasteiger partial charge in [-0.1, -0.05) is 6.07 Å². The zero-order valence-corrected chi connectivity index (χ0v) is 13.1. The molecule has 0 radical (unpaired) electrons. The first kappa shape index (κ1) is 14.5. The molecule has 1 atom stereocenters. The molecule has 1 heterocycles. The van der Waals surface area contributed by atoms with Crippen molar-refractivity contribution in [3.8, 4) is 5.75 Å². The molecule has 4 nitrogen and oxygen atoms in total. The maximum absolute atomic E-state index is 5.90. The number of ether oxygens (including phenoxy) is 2. The molecule has 1 unspecified atom stereocenters. The fourth-order valence-electron chi connectivity index (χ4n) is 2.27. The van der Waals surface area contributed by atoms with Crippen molar-refractivity contribution in [1.29, 1.82) is 0 Å². The summed E-state index contributed by atoms with van der Waals surface area (Å²) in [5, 5.41) is 1.12. The summed E-state index contributed by atoms with van der Waals surface area (Å²) >= 11 is 0. The summed E-state index contributed by atoms with van der Waals surface area (Å²) in [6.45, 7) is 9.86. The highest BCUT2D eigenvalue weighted by Crippen LogP contribution is 2.25. The van der Waals surface area contributed by atoms with Crippen LogP contribution in [-0.4, -0.2) is 28.1 Å². The molecule has 0 fully saturated rings. The van der Waals surface area contributed by atoms with Crippen molar-refractivity contribution >= 4 is 13.7 Å². The molecule has 0 bridgehead atoms. The molecule has 2 rings (SSSR count). The smallest absolute Gasteiger partial charge is 0.369 e. The molecule has 1 aromatic rings. The standard InChI is InChI=1S/C14H22O4Si/c1-5-16-19(4,17-6-2)13-7-8-14-12(9-13)10-15-11(3)18-14/h7-9,11H,5-6,10H2,1-4H3. The number of hydrogen-bond donors (Lipinski definition) is 0. The molecule has 0 saturated heterocycles. The topological polar surface area (TPSA) is 36.9 Å². The van der Waals surface area contributed by atoms with Crippen LogP contribution in [0.15, 0.2) is 18.2 Å². The van der Waals surface area contributed by atoms with E-state index in [9.17, 15) is 0 Å². The number of hydrogen-bond acceptors (Lipinski definition) is 4. The average molecular weight is 282 g/mol. The third-order valence-electron chi connectivity index (χ3n) is 3.19. The Bertz CT molecular complexity index is 429. The molecule has 5 heteroatoms. The van der Waals surface area contributed by atoms with Gasteiger partial charge in [-0.15, -0.1) is 0 Å². The Morgan fingerprint density at radius 2 is 1.95 bits per heavy atom. The Morgan fingerprint density at radius 1 is 1.26 bits per heavy atom. The van der Waals surface area contributed by atoms with Gasteiger partial charge in [0, 0.05) is 18.8 Å². The Morgan fingerprint density at radius 3 is 2.58 bits per heavy atom. The lowest BCUT2D eigenvalue weighted by Crippen LogP contribution is -2.51. The van der Waals surface area contributed by atoms with E-state index < -0.39 is 8.56 Å². The molecule has 19 heavy (non-hydrogen) atoms. The molecule has 0 aliphatic carbocycles. The van der Waals surface area contributed by atoms with E-state index in [0.717, 1.165) is 16.5 Å². The molecule has 0 aromatic heterocycles. The third-order valence-corrected chi connectivity index (χ3v) is 6.23. The SMILES string of the molecule is CCO[Si](C)(OCC)c1ccc2c(c1)COC(C)O2. The van der Waals surface area contributed by atoms with Gasteiger partial charge in [0.1, 0.15) is 5.75 Å². The molecule has 1 aliphatic heterocycles. The van der Waals surface area contributed by atoms with Crippen LogP contribution in [-0.2, 0) is 20.2 Å². The quantitative estimate of drug-likeness (QED) is 0.777. The second-order valence-electron chi connectivity index (χ2n) is 4.63. The second kappa shape index (κ2) is 6.05. The Hall–Kier alpha value is -0.883. The lowest BCUT2D eigenvalue weighted by atomic mass is 10.2. The highest BCUT2D eigenvalue weighted by atomic mass is 28.4. The predicted molar refractivity (Wildman–Crippen MR) is 75.8 cm³/mol. The van der Waals surface area contributed by atoms with Crippen molar-refractivity contribution in [2.45, 2.75) is 40.2 Å². The summed E-state index contributed by atoms with van der Waals surface area (Å²) in [5.41, 5.74) is 1.06. The van der Waals surface area contributed by atoms with Gasteiger partial charge >= 0.3 is 8.56 Å². The van der Waals surface area contributed by atoms with Crippen LogP contribution in [0.5, 0.6) is 5.75 Å². The summed E-state index contributed by atoms with van der Waals surface area (Å²) in [5.74, 6) is 0.895. The molecule has 0 N–H and O–H groups in total. The number of rotatable bonds is 5. The van der Waals surface area contributed by atoms with Crippen molar-refractivity contribution < 1.29 is 18.3 Å². The van der Waals surface area contributed by atoms with Gasteiger partial charge in [-0.25, -0.2) is 0 Å². The van der Waals surface area contributed by atoms with Crippen molar-refractivity contribution in [2.24, 2.45) is 0 Å². The summed E-state index contributed by atoms with van der Waals surface area (Å²) in [6, 6.07) is 6.14. The average Bonchev–Trinajstić information content (AvgIpc) is 2.38. The van der Waals surface area contributed by atoms with E-state index in [4.69, 9.17) is 18.3 Å². The Balaban J connectivity index is 2.29. The molecule has 0 saturated carbocycles. The fraction of sp³-hybridized carbons (Fsp3) is 0.571. The van der Waals surface area contributed by atoms with E-state index >= 15 is 0 Å². The summed E-state index contributed by atoms with van der Waals surface area (Å²) in [4.78, 5) is 0. The lowest BCUT2D eigenvalue weighted by molar-refractivity contribution is -0.0943. The van der Waals surface area contributed by atoms with E-state index in [2.05, 4.69) is 18.7 Å². The number of benzene rings is 1. The zero-order valence-electron chi connectivity index (χ0n) is 12.1. The van der Waals surface area contributed by atoms with Crippen LogP contribution >= 0.6 is 0 Å². The largest absolute Gasteiger partial charge is 0.465 e. The Labute approximate surface area is 115 Å². The van der Waals surface area contributed by atoms with E-state index in [1.54, 1.807) is 0 Å². The normalized spacial score (nSPS) is 18.8. The van der Waals surface area contributed by atoms with E-state index in [1.807, 2.05) is 26.8 Å². The van der Waals surface area contributed by atoms with Gasteiger partial charge in [-0.3, -0.25) is 0 Å². The fourth-order valence-corrected chi connectivity index (χ4v) is 4.61. The van der Waals surface area contributed by atoms with Gasteiger partial charge in [-0.05, 0) is 44.6 Å². The van der Waals surface area contributed by atoms with Crippen LogP contribution in [0, 0.1) is 0 Å². The first-order valence-corrected chi connectivity index (χ1v) is 9.10. The van der Waals surface area contributed by atoms with Crippen molar-refractivity contribution in [3.05, 3.63) is 23.8 Å². The third kappa shape index (κ3) is 3.17. The van der Waals surface area contributed by atoms with Crippen LogP contribution in [0.4, 0.5) is 0 Å². The molecular weight excluding hydrogens is 260 g/mol. The van der Waals surface area contributed by atoms with Gasteiger partial charge < -0.3 is 18.3 Å². The maximum Gasteiger partial charge on any atom is 0.369 e. The van der Waals surface area contributed by atoms with Crippen molar-refractivity contribution in [3.63, 3.8) is 0 Å². The first-order chi connectivity index (χ1) is 9.09. The number of fused-ring (bicyclic) bond motifs is 1. The van der Waals surface area contributed by atoms with Crippen LogP contribution in [0.3, 0.4) is 0 Å². The highest BCUT2D eigenvalue weighted by molar-refractivity contribution is 6.80. The van der Waals surface area contributed by atoms with Gasteiger partial charge in [0.05, 0.1) is 6.61 Å². The molecule has 1 aromatic carbocycles. The van der Waals surface area contributed by atoms with Crippen molar-refractivity contribution in [2.75, 3.05) is 13.2 Å². The molecular formula is C14H22O4Si. The minimum absolute atomic E-state index is 0.180. The van der Waals surface area contributed by atoms with E-state index in [0.29, 0.717) is 19.8 Å². The van der Waals surface area contributed by atoms with Crippen LogP contribution < -0.4 is 9.92 Å². The second-order valence-corrected chi connectivity index (χ2v) is 7.68. The summed E-state index contributed by atoms with van der Waals surface area (Å²) in [6.07, 6.45) is -0.180. The molecule has 0 spiro atoms. The minimum atomic E-state index is -2.31. The summed E-state index contributed by atoms with van der Waals surface area (Å²) in [7, 11) is -2.31. The Kier molecular flexibility index (Phi) is 4.62. The maximum atomic E-state index is 5.90. The van der Waals surface area contributed by atoms with Crippen LogP contribution in [0.1, 0.15) is 26.3 Å².